The maximum atomic E-state index is 15.2. The number of benzene rings is 7. The van der Waals surface area contributed by atoms with E-state index < -0.39 is 15.2 Å². The van der Waals surface area contributed by atoms with Gasteiger partial charge in [0, 0.05) is 15.9 Å². The summed E-state index contributed by atoms with van der Waals surface area (Å²) in [5.41, 5.74) is 2.64. The van der Waals surface area contributed by atoms with Gasteiger partial charge in [0.1, 0.15) is 8.07 Å². The third-order valence-corrected chi connectivity index (χ3v) is 15.7. The normalized spacial score (nSPS) is 13.9. The number of hydrogen-bond donors (Lipinski definition) is 0. The SMILES string of the molecule is C[Si]1(C)c2cc(P(=O)(c3ccccc3)c3ccccc3)ccc2-c2cc3c4ccccc4c4ccccc4c3cc21. The first kappa shape index (κ1) is 24.6. The van der Waals surface area contributed by atoms with Crippen LogP contribution in [0.3, 0.4) is 0 Å². The minimum absolute atomic E-state index is 0.879. The van der Waals surface area contributed by atoms with Gasteiger partial charge in [0.2, 0.25) is 0 Å². The molecule has 0 aromatic heterocycles. The third-order valence-electron chi connectivity index (χ3n) is 9.13. The van der Waals surface area contributed by atoms with Crippen LogP contribution in [0.15, 0.2) is 140 Å². The first-order valence-electron chi connectivity index (χ1n) is 14.2. The minimum Gasteiger partial charge on any atom is -0.309 e. The van der Waals surface area contributed by atoms with E-state index in [0.717, 1.165) is 15.9 Å². The molecule has 0 saturated carbocycles. The highest BCUT2D eigenvalue weighted by atomic mass is 31.2. The predicted molar refractivity (Wildman–Crippen MR) is 181 cm³/mol. The Morgan fingerprint density at radius 3 is 1.39 bits per heavy atom. The molecule has 0 bridgehead atoms. The van der Waals surface area contributed by atoms with E-state index in [1.54, 1.807) is 0 Å². The lowest BCUT2D eigenvalue weighted by Crippen LogP contribution is -2.50. The smallest absolute Gasteiger partial charge is 0.171 e. The molecule has 0 fully saturated rings. The second-order valence-corrected chi connectivity index (χ2v) is 18.8. The molecule has 8 rings (SSSR count). The zero-order chi connectivity index (χ0) is 27.8. The molecular weight excluding hydrogens is 531 g/mol. The van der Waals surface area contributed by atoms with Gasteiger partial charge in [0.25, 0.3) is 0 Å². The Kier molecular flexibility index (Phi) is 5.32. The Bertz CT molecular complexity index is 2160. The number of hydrogen-bond acceptors (Lipinski definition) is 1. The highest BCUT2D eigenvalue weighted by molar-refractivity contribution is 7.85. The molecule has 1 nitrogen and oxygen atoms in total. The zero-order valence-corrected chi connectivity index (χ0v) is 25.0. The van der Waals surface area contributed by atoms with Crippen LogP contribution in [0, 0.1) is 0 Å². The summed E-state index contributed by atoms with van der Waals surface area (Å²) in [6, 6.07) is 49.2. The van der Waals surface area contributed by atoms with Crippen LogP contribution in [0.1, 0.15) is 0 Å². The summed E-state index contributed by atoms with van der Waals surface area (Å²) in [7, 11) is -5.13. The molecule has 196 valence electrons. The molecule has 1 aliphatic heterocycles. The first-order chi connectivity index (χ1) is 20.0. The van der Waals surface area contributed by atoms with E-state index in [2.05, 4.69) is 92.0 Å². The third kappa shape index (κ3) is 3.45. The van der Waals surface area contributed by atoms with Crippen LogP contribution in [0.25, 0.3) is 43.4 Å². The molecule has 3 heteroatoms. The Balaban J connectivity index is 1.40. The van der Waals surface area contributed by atoms with E-state index in [4.69, 9.17) is 0 Å². The number of rotatable bonds is 3. The van der Waals surface area contributed by atoms with Crippen LogP contribution in [0.5, 0.6) is 0 Å². The van der Waals surface area contributed by atoms with Gasteiger partial charge in [0.15, 0.2) is 7.14 Å². The second-order valence-electron chi connectivity index (χ2n) is 11.7. The molecule has 0 aliphatic carbocycles. The molecule has 0 N–H and O–H groups in total. The fourth-order valence-electron chi connectivity index (χ4n) is 7.04. The second kappa shape index (κ2) is 8.88. The summed E-state index contributed by atoms with van der Waals surface area (Å²) in [6.07, 6.45) is 0. The lowest BCUT2D eigenvalue weighted by atomic mass is 9.92. The molecule has 0 amide bonds. The summed E-state index contributed by atoms with van der Waals surface area (Å²) in [5, 5.41) is 13.4. The lowest BCUT2D eigenvalue weighted by molar-refractivity contribution is 0.592. The van der Waals surface area contributed by atoms with Crippen LogP contribution in [-0.4, -0.2) is 8.07 Å². The lowest BCUT2D eigenvalue weighted by Gasteiger charge is -2.24. The topological polar surface area (TPSA) is 17.1 Å². The van der Waals surface area contributed by atoms with E-state index >= 15 is 4.57 Å². The van der Waals surface area contributed by atoms with Crippen LogP contribution >= 0.6 is 7.14 Å². The molecule has 0 unspecified atom stereocenters. The van der Waals surface area contributed by atoms with Gasteiger partial charge < -0.3 is 4.57 Å². The zero-order valence-electron chi connectivity index (χ0n) is 23.1. The van der Waals surface area contributed by atoms with E-state index in [1.165, 1.54) is 53.8 Å². The molecule has 1 aliphatic rings. The van der Waals surface area contributed by atoms with Crippen molar-refractivity contribution in [2.45, 2.75) is 13.1 Å². The van der Waals surface area contributed by atoms with Crippen LogP contribution in [-0.2, 0) is 4.57 Å². The molecule has 7 aromatic rings. The predicted octanol–water partition coefficient (Wildman–Crippen LogP) is 7.59. The van der Waals surface area contributed by atoms with Crippen molar-refractivity contribution in [2.24, 2.45) is 0 Å². The van der Waals surface area contributed by atoms with Gasteiger partial charge in [0.05, 0.1) is 0 Å². The summed E-state index contributed by atoms with van der Waals surface area (Å²) in [4.78, 5) is 0. The van der Waals surface area contributed by atoms with E-state index in [1.807, 2.05) is 60.7 Å². The first-order valence-corrected chi connectivity index (χ1v) is 18.9. The molecular formula is C38H29OPSi. The summed E-state index contributed by atoms with van der Waals surface area (Å²) >= 11 is 0. The highest BCUT2D eigenvalue weighted by Crippen LogP contribution is 2.44. The van der Waals surface area contributed by atoms with Gasteiger partial charge in [-0.25, -0.2) is 0 Å². The Morgan fingerprint density at radius 1 is 0.415 bits per heavy atom. The van der Waals surface area contributed by atoms with Crippen molar-refractivity contribution in [3.8, 4) is 11.1 Å². The van der Waals surface area contributed by atoms with Gasteiger partial charge >= 0.3 is 0 Å². The standard InChI is InChI=1S/C38H29OPSi/c1-41(2)37-23-28(40(39,26-13-5-3-6-14-26)27-15-7-4-8-16-27)21-22-33(37)36-24-34-31-19-11-9-17-29(31)30-18-10-12-20-32(30)35(34)25-38(36)41/h3-25H,1-2H3. The van der Waals surface area contributed by atoms with E-state index in [0.29, 0.717) is 0 Å². The Morgan fingerprint density at radius 2 is 0.854 bits per heavy atom. The largest absolute Gasteiger partial charge is 0.309 e. The van der Waals surface area contributed by atoms with Gasteiger partial charge in [-0.15, -0.1) is 0 Å². The average molecular weight is 561 g/mol. The monoisotopic (exact) mass is 560 g/mol. The van der Waals surface area contributed by atoms with Crippen molar-refractivity contribution in [1.29, 1.82) is 0 Å². The van der Waals surface area contributed by atoms with Crippen LogP contribution in [0.4, 0.5) is 0 Å². The fraction of sp³-hybridized carbons (Fsp3) is 0.0526. The van der Waals surface area contributed by atoms with Crippen molar-refractivity contribution < 1.29 is 4.57 Å². The molecule has 0 spiro atoms. The van der Waals surface area contributed by atoms with Crippen LogP contribution in [0.2, 0.25) is 13.1 Å². The van der Waals surface area contributed by atoms with Gasteiger partial charge in [-0.3, -0.25) is 0 Å². The van der Waals surface area contributed by atoms with Crippen molar-refractivity contribution in [3.63, 3.8) is 0 Å². The van der Waals surface area contributed by atoms with Gasteiger partial charge in [-0.1, -0.05) is 147 Å². The Hall–Kier alpha value is -4.23. The summed E-state index contributed by atoms with van der Waals surface area (Å²) < 4.78 is 15.2. The molecule has 0 atom stereocenters. The van der Waals surface area contributed by atoms with E-state index in [-0.39, 0.29) is 0 Å². The average Bonchev–Trinajstić information content (AvgIpc) is 3.26. The molecule has 41 heavy (non-hydrogen) atoms. The van der Waals surface area contributed by atoms with Crippen molar-refractivity contribution in [2.75, 3.05) is 0 Å². The van der Waals surface area contributed by atoms with Gasteiger partial charge in [-0.05, 0) is 59.9 Å². The maximum absolute atomic E-state index is 15.2. The molecule has 1 heterocycles. The Labute approximate surface area is 241 Å². The molecule has 0 saturated heterocycles. The highest BCUT2D eigenvalue weighted by Gasteiger charge is 2.40. The van der Waals surface area contributed by atoms with Crippen LogP contribution < -0.4 is 26.3 Å². The van der Waals surface area contributed by atoms with Gasteiger partial charge in [-0.2, -0.15) is 0 Å². The summed E-state index contributed by atoms with van der Waals surface area (Å²) in [6.45, 7) is 4.90. The molecule has 7 aromatic carbocycles. The maximum Gasteiger partial charge on any atom is 0.171 e. The quantitative estimate of drug-likeness (QED) is 0.124. The van der Waals surface area contributed by atoms with E-state index in [9.17, 15) is 0 Å². The van der Waals surface area contributed by atoms with Crippen molar-refractivity contribution in [1.82, 2.24) is 0 Å². The van der Waals surface area contributed by atoms with Crippen molar-refractivity contribution in [3.05, 3.63) is 140 Å². The van der Waals surface area contributed by atoms with Crippen molar-refractivity contribution >= 4 is 73.8 Å². The molecule has 0 radical (unpaired) electrons. The fourth-order valence-corrected chi connectivity index (χ4v) is 12.9. The summed E-state index contributed by atoms with van der Waals surface area (Å²) in [5.74, 6) is 0. The minimum atomic E-state index is -3.05. The number of fused-ring (bicyclic) bond motifs is 9.